The number of nitrogens with one attached hydrogen (secondary N) is 2. The Balaban J connectivity index is 1.82. The zero-order chi connectivity index (χ0) is 18.0. The minimum Gasteiger partial charge on any atom is -0.423 e. The molecule has 0 radical (unpaired) electrons. The standard InChI is InChI=1S/C19H16N2O4/c1-11-9-18(23)25-17-10-15(7-8-16(11)17)21-19(24)13-3-5-14(6-4-13)20-12(2)22/h3-10H,1-2H3,(H,20,22)(H,21,24). The number of carbonyl (C=O) groups is 2. The molecule has 0 fully saturated rings. The lowest BCUT2D eigenvalue weighted by Crippen LogP contribution is -2.12. The number of rotatable bonds is 3. The Labute approximate surface area is 143 Å². The Morgan fingerprint density at radius 2 is 1.60 bits per heavy atom. The third-order valence-electron chi connectivity index (χ3n) is 3.68. The topological polar surface area (TPSA) is 88.4 Å². The summed E-state index contributed by atoms with van der Waals surface area (Å²) in [7, 11) is 0. The minimum absolute atomic E-state index is 0.176. The Bertz CT molecular complexity index is 1020. The zero-order valence-electron chi connectivity index (χ0n) is 13.8. The molecule has 2 amide bonds. The Morgan fingerprint density at radius 1 is 0.920 bits per heavy atom. The molecule has 0 spiro atoms. The Kier molecular flexibility index (Phi) is 4.35. The summed E-state index contributed by atoms with van der Waals surface area (Å²) >= 11 is 0. The molecule has 3 aromatic rings. The molecule has 0 aliphatic carbocycles. The van der Waals surface area contributed by atoms with Gasteiger partial charge >= 0.3 is 5.63 Å². The first-order chi connectivity index (χ1) is 11.9. The van der Waals surface area contributed by atoms with Gasteiger partial charge < -0.3 is 15.1 Å². The predicted octanol–water partition coefficient (Wildman–Crippen LogP) is 3.31. The highest BCUT2D eigenvalue weighted by Gasteiger charge is 2.09. The van der Waals surface area contributed by atoms with Crippen LogP contribution in [0.5, 0.6) is 0 Å². The molecular formula is C19H16N2O4. The highest BCUT2D eigenvalue weighted by atomic mass is 16.4. The average Bonchev–Trinajstić information content (AvgIpc) is 2.54. The molecule has 3 rings (SSSR count). The van der Waals surface area contributed by atoms with Gasteiger partial charge in [0.2, 0.25) is 5.91 Å². The fourth-order valence-electron chi connectivity index (χ4n) is 2.51. The normalized spacial score (nSPS) is 10.5. The molecule has 0 unspecified atom stereocenters. The summed E-state index contributed by atoms with van der Waals surface area (Å²) < 4.78 is 5.18. The van der Waals surface area contributed by atoms with E-state index in [0.29, 0.717) is 22.5 Å². The summed E-state index contributed by atoms with van der Waals surface area (Å²) in [5, 5.41) is 6.22. The lowest BCUT2D eigenvalue weighted by Gasteiger charge is -2.08. The maximum Gasteiger partial charge on any atom is 0.336 e. The molecule has 0 saturated carbocycles. The molecule has 0 aliphatic heterocycles. The van der Waals surface area contributed by atoms with Crippen molar-refractivity contribution in [2.75, 3.05) is 10.6 Å². The maximum absolute atomic E-state index is 12.3. The van der Waals surface area contributed by atoms with Crippen molar-refractivity contribution in [3.05, 3.63) is 70.1 Å². The molecule has 6 heteroatoms. The van der Waals surface area contributed by atoms with E-state index >= 15 is 0 Å². The Morgan fingerprint density at radius 3 is 2.28 bits per heavy atom. The monoisotopic (exact) mass is 336 g/mol. The summed E-state index contributed by atoms with van der Waals surface area (Å²) in [5.41, 5.74) is 2.40. The molecule has 2 aromatic carbocycles. The second kappa shape index (κ2) is 6.60. The first-order valence-electron chi connectivity index (χ1n) is 7.66. The molecule has 6 nitrogen and oxygen atoms in total. The first-order valence-corrected chi connectivity index (χ1v) is 7.66. The van der Waals surface area contributed by atoms with Crippen molar-refractivity contribution < 1.29 is 14.0 Å². The van der Waals surface area contributed by atoms with Crippen LogP contribution in [0.4, 0.5) is 11.4 Å². The number of anilines is 2. The number of benzene rings is 2. The van der Waals surface area contributed by atoms with E-state index in [-0.39, 0.29) is 11.8 Å². The highest BCUT2D eigenvalue weighted by molar-refractivity contribution is 6.05. The van der Waals surface area contributed by atoms with Gasteiger partial charge in [-0.1, -0.05) is 0 Å². The van der Waals surface area contributed by atoms with Crippen molar-refractivity contribution >= 4 is 34.2 Å². The lowest BCUT2D eigenvalue weighted by atomic mass is 10.1. The van der Waals surface area contributed by atoms with Gasteiger partial charge in [-0.15, -0.1) is 0 Å². The van der Waals surface area contributed by atoms with Crippen LogP contribution in [0.15, 0.2) is 57.7 Å². The number of hydrogen-bond donors (Lipinski definition) is 2. The van der Waals surface area contributed by atoms with E-state index in [1.54, 1.807) is 42.5 Å². The molecular weight excluding hydrogens is 320 g/mol. The van der Waals surface area contributed by atoms with Crippen molar-refractivity contribution in [2.45, 2.75) is 13.8 Å². The van der Waals surface area contributed by atoms with Crippen molar-refractivity contribution in [1.82, 2.24) is 0 Å². The molecule has 0 aliphatic rings. The first kappa shape index (κ1) is 16.4. The summed E-state index contributed by atoms with van der Waals surface area (Å²) in [6.07, 6.45) is 0. The smallest absolute Gasteiger partial charge is 0.336 e. The third-order valence-corrected chi connectivity index (χ3v) is 3.68. The van der Waals surface area contributed by atoms with Gasteiger partial charge in [0.15, 0.2) is 0 Å². The molecule has 0 bridgehead atoms. The summed E-state index contributed by atoms with van der Waals surface area (Å²) in [5.74, 6) is -0.478. The van der Waals surface area contributed by atoms with Crippen LogP contribution >= 0.6 is 0 Å². The van der Waals surface area contributed by atoms with Gasteiger partial charge in [0.1, 0.15) is 5.58 Å². The SMILES string of the molecule is CC(=O)Nc1ccc(C(=O)Nc2ccc3c(C)cc(=O)oc3c2)cc1. The largest absolute Gasteiger partial charge is 0.423 e. The van der Waals surface area contributed by atoms with Gasteiger partial charge in [-0.2, -0.15) is 0 Å². The van der Waals surface area contributed by atoms with Gasteiger partial charge in [0, 0.05) is 41.4 Å². The van der Waals surface area contributed by atoms with Crippen LogP contribution in [0.25, 0.3) is 11.0 Å². The van der Waals surface area contributed by atoms with Crippen LogP contribution < -0.4 is 16.3 Å². The molecule has 126 valence electrons. The summed E-state index contributed by atoms with van der Waals surface area (Å²) in [4.78, 5) is 34.8. The van der Waals surface area contributed by atoms with Crippen LogP contribution in [0.3, 0.4) is 0 Å². The van der Waals surface area contributed by atoms with Gasteiger partial charge in [-0.3, -0.25) is 9.59 Å². The average molecular weight is 336 g/mol. The van der Waals surface area contributed by atoms with Crippen molar-refractivity contribution in [2.24, 2.45) is 0 Å². The van der Waals surface area contributed by atoms with Crippen LogP contribution in [0.1, 0.15) is 22.8 Å². The molecule has 0 saturated heterocycles. The van der Waals surface area contributed by atoms with E-state index in [1.807, 2.05) is 6.92 Å². The molecule has 25 heavy (non-hydrogen) atoms. The molecule has 1 aromatic heterocycles. The second-order valence-electron chi connectivity index (χ2n) is 5.67. The van der Waals surface area contributed by atoms with Crippen LogP contribution in [-0.2, 0) is 4.79 Å². The highest BCUT2D eigenvalue weighted by Crippen LogP contribution is 2.21. The van der Waals surface area contributed by atoms with Gasteiger partial charge in [0.25, 0.3) is 5.91 Å². The summed E-state index contributed by atoms with van der Waals surface area (Å²) in [6.45, 7) is 3.24. The van der Waals surface area contributed by atoms with Crippen LogP contribution in [-0.4, -0.2) is 11.8 Å². The number of carbonyl (C=O) groups excluding carboxylic acids is 2. The second-order valence-corrected chi connectivity index (χ2v) is 5.67. The molecule has 1 heterocycles. The predicted molar refractivity (Wildman–Crippen MR) is 95.9 cm³/mol. The van der Waals surface area contributed by atoms with E-state index in [2.05, 4.69) is 10.6 Å². The van der Waals surface area contributed by atoms with Crippen molar-refractivity contribution in [3.63, 3.8) is 0 Å². The maximum atomic E-state index is 12.3. The summed E-state index contributed by atoms with van der Waals surface area (Å²) in [6, 6.07) is 13.1. The van der Waals surface area contributed by atoms with Crippen LogP contribution in [0.2, 0.25) is 0 Å². The van der Waals surface area contributed by atoms with Crippen LogP contribution in [0, 0.1) is 6.92 Å². The van der Waals surface area contributed by atoms with Gasteiger partial charge in [-0.25, -0.2) is 4.79 Å². The van der Waals surface area contributed by atoms with Crippen molar-refractivity contribution in [1.29, 1.82) is 0 Å². The number of hydrogen-bond acceptors (Lipinski definition) is 4. The number of amides is 2. The van der Waals surface area contributed by atoms with E-state index in [9.17, 15) is 14.4 Å². The molecule has 0 atom stereocenters. The zero-order valence-corrected chi connectivity index (χ0v) is 13.8. The number of fused-ring (bicyclic) bond motifs is 1. The van der Waals surface area contributed by atoms with E-state index in [4.69, 9.17) is 4.42 Å². The third kappa shape index (κ3) is 3.74. The Hall–Kier alpha value is -3.41. The molecule has 2 N–H and O–H groups in total. The van der Waals surface area contributed by atoms with Crippen molar-refractivity contribution in [3.8, 4) is 0 Å². The number of aryl methyl sites for hydroxylation is 1. The minimum atomic E-state index is -0.429. The van der Waals surface area contributed by atoms with E-state index in [0.717, 1.165) is 10.9 Å². The fourth-order valence-corrected chi connectivity index (χ4v) is 2.51. The van der Waals surface area contributed by atoms with E-state index < -0.39 is 5.63 Å². The fraction of sp³-hybridized carbons (Fsp3) is 0.105. The lowest BCUT2D eigenvalue weighted by molar-refractivity contribution is -0.114. The van der Waals surface area contributed by atoms with Gasteiger partial charge in [-0.05, 0) is 48.9 Å². The van der Waals surface area contributed by atoms with E-state index in [1.165, 1.54) is 13.0 Å². The van der Waals surface area contributed by atoms with Gasteiger partial charge in [0.05, 0.1) is 0 Å². The quantitative estimate of drug-likeness (QED) is 0.718.